The Morgan fingerprint density at radius 1 is 1.09 bits per heavy atom. The van der Waals surface area contributed by atoms with Gasteiger partial charge in [-0.2, -0.15) is 18.3 Å². The molecular formula is C23H24ClF4N5O. The number of benzene rings is 1. The summed E-state index contributed by atoms with van der Waals surface area (Å²) in [6, 6.07) is 6.77. The van der Waals surface area contributed by atoms with Gasteiger partial charge in [0.05, 0.1) is 5.69 Å². The lowest BCUT2D eigenvalue weighted by molar-refractivity contribution is -0.142. The van der Waals surface area contributed by atoms with Crippen LogP contribution in [0.3, 0.4) is 0 Å². The van der Waals surface area contributed by atoms with E-state index in [1.54, 1.807) is 26.8 Å². The van der Waals surface area contributed by atoms with E-state index in [4.69, 9.17) is 11.6 Å². The van der Waals surface area contributed by atoms with Gasteiger partial charge in [0.15, 0.2) is 11.3 Å². The number of halogens is 5. The second-order valence-corrected chi connectivity index (χ2v) is 9.75. The molecule has 2 aromatic heterocycles. The number of rotatable bonds is 3. The lowest BCUT2D eigenvalue weighted by atomic mass is 9.91. The molecule has 1 aliphatic heterocycles. The van der Waals surface area contributed by atoms with Crippen LogP contribution in [0.5, 0.6) is 0 Å². The summed E-state index contributed by atoms with van der Waals surface area (Å²) < 4.78 is 55.9. The summed E-state index contributed by atoms with van der Waals surface area (Å²) in [7, 11) is 0. The third-order valence-corrected chi connectivity index (χ3v) is 6.16. The number of nitrogens with zero attached hydrogens (tertiary/aromatic N) is 5. The Bertz CT molecular complexity index is 1210. The third-order valence-electron chi connectivity index (χ3n) is 5.81. The van der Waals surface area contributed by atoms with Gasteiger partial charge in [0.1, 0.15) is 11.5 Å². The first-order chi connectivity index (χ1) is 15.8. The first-order valence-electron chi connectivity index (χ1n) is 10.8. The van der Waals surface area contributed by atoms with Crippen molar-refractivity contribution in [1.29, 1.82) is 0 Å². The van der Waals surface area contributed by atoms with Gasteiger partial charge >= 0.3 is 6.18 Å². The molecule has 34 heavy (non-hydrogen) atoms. The van der Waals surface area contributed by atoms with E-state index in [9.17, 15) is 22.4 Å². The Balaban J connectivity index is 1.53. The highest BCUT2D eigenvalue weighted by Crippen LogP contribution is 2.33. The molecule has 1 aliphatic rings. The largest absolute Gasteiger partial charge is 0.433 e. The van der Waals surface area contributed by atoms with Crippen LogP contribution in [-0.4, -0.2) is 56.5 Å². The molecule has 0 unspecified atom stereocenters. The number of amides is 1. The molecule has 182 valence electrons. The minimum Gasteiger partial charge on any atom is -0.335 e. The molecule has 0 N–H and O–H groups in total. The summed E-state index contributed by atoms with van der Waals surface area (Å²) in [5.41, 5.74) is -1.08. The summed E-state index contributed by atoms with van der Waals surface area (Å²) in [6.45, 7) is 7.18. The maximum Gasteiger partial charge on any atom is 0.433 e. The zero-order valence-corrected chi connectivity index (χ0v) is 19.7. The van der Waals surface area contributed by atoms with Crippen LogP contribution >= 0.6 is 11.6 Å². The van der Waals surface area contributed by atoms with Crippen LogP contribution in [0.4, 0.5) is 17.6 Å². The third kappa shape index (κ3) is 4.88. The van der Waals surface area contributed by atoms with Crippen molar-refractivity contribution in [3.63, 3.8) is 0 Å². The molecule has 1 amide bonds. The summed E-state index contributed by atoms with van der Waals surface area (Å²) in [5, 5.41) is 4.29. The van der Waals surface area contributed by atoms with Crippen molar-refractivity contribution in [3.8, 4) is 0 Å². The van der Waals surface area contributed by atoms with Gasteiger partial charge in [0, 0.05) is 54.8 Å². The highest BCUT2D eigenvalue weighted by molar-refractivity contribution is 6.31. The van der Waals surface area contributed by atoms with Crippen molar-refractivity contribution in [2.45, 2.75) is 38.9 Å². The fraction of sp³-hybridized carbons (Fsp3) is 0.435. The molecule has 0 aliphatic carbocycles. The van der Waals surface area contributed by atoms with Crippen LogP contribution in [0.2, 0.25) is 5.02 Å². The van der Waals surface area contributed by atoms with E-state index in [0.717, 1.165) is 6.07 Å². The molecule has 0 saturated carbocycles. The van der Waals surface area contributed by atoms with Gasteiger partial charge in [0.25, 0.3) is 5.91 Å². The van der Waals surface area contributed by atoms with Gasteiger partial charge in [-0.25, -0.2) is 13.9 Å². The first kappa shape index (κ1) is 24.4. The molecule has 0 atom stereocenters. The van der Waals surface area contributed by atoms with Crippen molar-refractivity contribution < 1.29 is 22.4 Å². The molecule has 3 heterocycles. The summed E-state index contributed by atoms with van der Waals surface area (Å²) >= 11 is 6.10. The highest BCUT2D eigenvalue weighted by atomic mass is 35.5. The van der Waals surface area contributed by atoms with E-state index < -0.39 is 29.0 Å². The number of alkyl halides is 3. The monoisotopic (exact) mass is 497 g/mol. The molecule has 0 radical (unpaired) electrons. The summed E-state index contributed by atoms with van der Waals surface area (Å²) in [5.74, 6) is -0.863. The molecule has 1 saturated heterocycles. The highest BCUT2D eigenvalue weighted by Gasteiger charge is 2.37. The molecule has 11 heteroatoms. The van der Waals surface area contributed by atoms with Crippen LogP contribution in [0, 0.1) is 5.82 Å². The second kappa shape index (κ2) is 8.81. The van der Waals surface area contributed by atoms with Gasteiger partial charge in [-0.1, -0.05) is 38.4 Å². The zero-order chi connectivity index (χ0) is 24.8. The number of carbonyl (C=O) groups is 1. The predicted octanol–water partition coefficient (Wildman–Crippen LogP) is 4.80. The van der Waals surface area contributed by atoms with Gasteiger partial charge in [-0.15, -0.1) is 0 Å². The van der Waals surface area contributed by atoms with E-state index in [1.807, 2.05) is 4.90 Å². The smallest absolute Gasteiger partial charge is 0.335 e. The number of carbonyl (C=O) groups excluding carboxylic acids is 1. The van der Waals surface area contributed by atoms with Crippen molar-refractivity contribution in [1.82, 2.24) is 24.4 Å². The molecular weight excluding hydrogens is 474 g/mol. The number of hydrogen-bond donors (Lipinski definition) is 0. The molecule has 4 rings (SSSR count). The minimum absolute atomic E-state index is 0.0315. The van der Waals surface area contributed by atoms with Crippen molar-refractivity contribution in [3.05, 3.63) is 63.8 Å². The van der Waals surface area contributed by atoms with E-state index in [1.165, 1.54) is 23.1 Å². The lowest BCUT2D eigenvalue weighted by Gasteiger charge is -2.34. The van der Waals surface area contributed by atoms with Gasteiger partial charge in [-0.05, 0) is 18.2 Å². The van der Waals surface area contributed by atoms with Crippen molar-refractivity contribution in [2.75, 3.05) is 26.2 Å². The SMILES string of the molecule is CC(C)(C)c1cc(C(F)(F)F)n2nc(C(=O)N3CCN(Cc4c(F)cccc4Cl)CC3)cc2n1. The number of aromatic nitrogens is 3. The maximum atomic E-state index is 14.1. The Morgan fingerprint density at radius 3 is 2.35 bits per heavy atom. The normalized spacial score (nSPS) is 15.8. The van der Waals surface area contributed by atoms with Crippen LogP contribution in [0.25, 0.3) is 5.65 Å². The molecule has 6 nitrogen and oxygen atoms in total. The quantitative estimate of drug-likeness (QED) is 0.488. The average Bonchev–Trinajstić information content (AvgIpc) is 3.18. The molecule has 3 aromatic rings. The number of fused-ring (bicyclic) bond motifs is 1. The summed E-state index contributed by atoms with van der Waals surface area (Å²) in [4.78, 5) is 20.8. The average molecular weight is 498 g/mol. The van der Waals surface area contributed by atoms with E-state index in [0.29, 0.717) is 47.8 Å². The van der Waals surface area contributed by atoms with Crippen LogP contribution in [0.15, 0.2) is 30.3 Å². The van der Waals surface area contributed by atoms with Gasteiger partial charge in [-0.3, -0.25) is 9.69 Å². The molecule has 1 aromatic carbocycles. The molecule has 0 spiro atoms. The molecule has 0 bridgehead atoms. The van der Waals surface area contributed by atoms with Gasteiger partial charge in [0.2, 0.25) is 0 Å². The van der Waals surface area contributed by atoms with Crippen molar-refractivity contribution >= 4 is 23.2 Å². The Kier molecular flexibility index (Phi) is 6.32. The Morgan fingerprint density at radius 2 is 1.76 bits per heavy atom. The Labute approximate surface area is 199 Å². The maximum absolute atomic E-state index is 14.1. The number of hydrogen-bond acceptors (Lipinski definition) is 4. The van der Waals surface area contributed by atoms with Crippen molar-refractivity contribution in [2.24, 2.45) is 0 Å². The van der Waals surface area contributed by atoms with Crippen LogP contribution in [-0.2, 0) is 18.1 Å². The fourth-order valence-electron chi connectivity index (χ4n) is 3.84. The number of piperazine rings is 1. The first-order valence-corrected chi connectivity index (χ1v) is 11.2. The lowest BCUT2D eigenvalue weighted by Crippen LogP contribution is -2.48. The van der Waals surface area contributed by atoms with Crippen LogP contribution in [0.1, 0.15) is 48.2 Å². The molecule has 1 fully saturated rings. The Hall–Kier alpha value is -2.72. The minimum atomic E-state index is -4.66. The van der Waals surface area contributed by atoms with E-state index >= 15 is 0 Å². The standard InChI is InChI=1S/C23H24ClF4N5O/c1-22(2,3)18-12-19(23(26,27)28)33-20(29-18)11-17(30-33)21(34)32-9-7-31(8-10-32)13-14-15(24)5-4-6-16(14)25/h4-6,11-12H,7-10,13H2,1-3H3. The van der Waals surface area contributed by atoms with E-state index in [-0.39, 0.29) is 17.0 Å². The predicted molar refractivity (Wildman–Crippen MR) is 119 cm³/mol. The second-order valence-electron chi connectivity index (χ2n) is 9.34. The zero-order valence-electron chi connectivity index (χ0n) is 19.0. The fourth-order valence-corrected chi connectivity index (χ4v) is 4.07. The summed E-state index contributed by atoms with van der Waals surface area (Å²) in [6.07, 6.45) is -4.66. The topological polar surface area (TPSA) is 53.7 Å². The van der Waals surface area contributed by atoms with Crippen LogP contribution < -0.4 is 0 Å². The van der Waals surface area contributed by atoms with Gasteiger partial charge < -0.3 is 4.90 Å². The van der Waals surface area contributed by atoms with E-state index in [2.05, 4.69) is 10.1 Å².